The first kappa shape index (κ1) is 22.2. The van der Waals surface area contributed by atoms with Crippen LogP contribution in [0, 0.1) is 27.7 Å². The van der Waals surface area contributed by atoms with E-state index in [-0.39, 0.29) is 12.5 Å². The molecule has 1 aliphatic heterocycles. The van der Waals surface area contributed by atoms with Crippen molar-refractivity contribution in [3.05, 3.63) is 93.5 Å². The van der Waals surface area contributed by atoms with Gasteiger partial charge in [0, 0.05) is 24.3 Å². The van der Waals surface area contributed by atoms with Crippen LogP contribution in [-0.4, -0.2) is 25.2 Å². The lowest BCUT2D eigenvalue weighted by atomic mass is 9.98. The molecule has 3 aromatic carbocycles. The van der Waals surface area contributed by atoms with Gasteiger partial charge in [-0.15, -0.1) is 0 Å². The Morgan fingerprint density at radius 1 is 0.844 bits per heavy atom. The topological polar surface area (TPSA) is 66.5 Å². The summed E-state index contributed by atoms with van der Waals surface area (Å²) >= 11 is 0. The summed E-state index contributed by atoms with van der Waals surface area (Å²) in [6, 6.07) is 16.7. The molecule has 6 heteroatoms. The minimum absolute atomic E-state index is 0.153. The maximum Gasteiger partial charge on any atom is 0.256 e. The number of amides is 1. The van der Waals surface area contributed by atoms with E-state index in [1.165, 1.54) is 4.31 Å². The smallest absolute Gasteiger partial charge is 0.256 e. The van der Waals surface area contributed by atoms with Crippen LogP contribution in [0.25, 0.3) is 0 Å². The minimum atomic E-state index is -3.57. The van der Waals surface area contributed by atoms with E-state index >= 15 is 0 Å². The summed E-state index contributed by atoms with van der Waals surface area (Å²) in [5.41, 5.74) is 7.40. The molecule has 0 aromatic heterocycles. The molecular formula is C26H28N2O3S. The van der Waals surface area contributed by atoms with E-state index in [0.717, 1.165) is 33.4 Å². The molecule has 0 atom stereocenters. The standard InChI is InChI=1S/C26H28N2O3S/c1-17-5-9-24(10-6-17)32(30,31)28-12-11-21-7-8-23(15-22(21)16-28)27-26(29)25-19(3)13-18(2)14-20(25)4/h5-10,13-15H,11-12,16H2,1-4H3,(H,27,29). The van der Waals surface area contributed by atoms with Crippen LogP contribution in [0.5, 0.6) is 0 Å². The van der Waals surface area contributed by atoms with Crippen LogP contribution in [0.1, 0.15) is 43.7 Å². The monoisotopic (exact) mass is 448 g/mol. The van der Waals surface area contributed by atoms with Crippen molar-refractivity contribution in [2.75, 3.05) is 11.9 Å². The number of rotatable bonds is 4. The highest BCUT2D eigenvalue weighted by Gasteiger charge is 2.28. The second kappa shape index (κ2) is 8.52. The van der Waals surface area contributed by atoms with Gasteiger partial charge in [-0.05, 0) is 80.6 Å². The van der Waals surface area contributed by atoms with E-state index < -0.39 is 10.0 Å². The molecule has 0 spiro atoms. The highest BCUT2D eigenvalue weighted by Crippen LogP contribution is 2.28. The highest BCUT2D eigenvalue weighted by molar-refractivity contribution is 7.89. The zero-order valence-electron chi connectivity index (χ0n) is 18.9. The van der Waals surface area contributed by atoms with Crippen LogP contribution >= 0.6 is 0 Å². The lowest BCUT2D eigenvalue weighted by Crippen LogP contribution is -2.36. The van der Waals surface area contributed by atoms with Gasteiger partial charge in [-0.1, -0.05) is 41.5 Å². The maximum atomic E-state index is 13.1. The summed E-state index contributed by atoms with van der Waals surface area (Å²) in [5.74, 6) is -0.153. The molecule has 5 nitrogen and oxygen atoms in total. The lowest BCUT2D eigenvalue weighted by molar-refractivity contribution is 0.102. The fourth-order valence-corrected chi connectivity index (χ4v) is 5.82. The summed E-state index contributed by atoms with van der Waals surface area (Å²) in [5, 5.41) is 2.99. The number of hydrogen-bond donors (Lipinski definition) is 1. The van der Waals surface area contributed by atoms with Gasteiger partial charge in [-0.3, -0.25) is 4.79 Å². The average molecular weight is 449 g/mol. The van der Waals surface area contributed by atoms with Crippen molar-refractivity contribution in [1.82, 2.24) is 4.31 Å². The summed E-state index contributed by atoms with van der Waals surface area (Å²) in [6.45, 7) is 8.56. The van der Waals surface area contributed by atoms with Crippen LogP contribution in [0.2, 0.25) is 0 Å². The molecule has 1 heterocycles. The first-order valence-electron chi connectivity index (χ1n) is 10.7. The number of nitrogens with zero attached hydrogens (tertiary/aromatic N) is 1. The third-order valence-electron chi connectivity index (χ3n) is 6.00. The summed E-state index contributed by atoms with van der Waals surface area (Å²) in [6.07, 6.45) is 0.644. The molecule has 3 aromatic rings. The van der Waals surface area contributed by atoms with Gasteiger partial charge in [-0.25, -0.2) is 8.42 Å². The highest BCUT2D eigenvalue weighted by atomic mass is 32.2. The number of sulfonamides is 1. The summed E-state index contributed by atoms with van der Waals surface area (Å²) < 4.78 is 27.7. The van der Waals surface area contributed by atoms with E-state index in [0.29, 0.717) is 29.1 Å². The number of carbonyl (C=O) groups excluding carboxylic acids is 1. The Kier molecular flexibility index (Phi) is 5.93. The SMILES string of the molecule is Cc1ccc(S(=O)(=O)N2CCc3ccc(NC(=O)c4c(C)cc(C)cc4C)cc3C2)cc1. The molecule has 0 radical (unpaired) electrons. The van der Waals surface area contributed by atoms with Crippen molar-refractivity contribution in [2.24, 2.45) is 0 Å². The number of benzene rings is 3. The Bertz CT molecular complexity index is 1270. The van der Waals surface area contributed by atoms with Gasteiger partial charge >= 0.3 is 0 Å². The Morgan fingerprint density at radius 3 is 2.16 bits per heavy atom. The van der Waals surface area contributed by atoms with Gasteiger partial charge in [-0.2, -0.15) is 4.31 Å². The first-order chi connectivity index (χ1) is 15.1. The molecule has 0 fully saturated rings. The van der Waals surface area contributed by atoms with E-state index in [9.17, 15) is 13.2 Å². The Labute approximate surface area is 190 Å². The van der Waals surface area contributed by atoms with Crippen molar-refractivity contribution >= 4 is 21.6 Å². The second-order valence-corrected chi connectivity index (χ2v) is 10.6. The zero-order valence-corrected chi connectivity index (χ0v) is 19.7. The van der Waals surface area contributed by atoms with Gasteiger partial charge in [0.25, 0.3) is 5.91 Å². The summed E-state index contributed by atoms with van der Waals surface area (Å²) in [4.78, 5) is 13.3. The fraction of sp³-hybridized carbons (Fsp3) is 0.269. The lowest BCUT2D eigenvalue weighted by Gasteiger charge is -2.28. The van der Waals surface area contributed by atoms with E-state index in [4.69, 9.17) is 0 Å². The van der Waals surface area contributed by atoms with E-state index in [2.05, 4.69) is 5.32 Å². The minimum Gasteiger partial charge on any atom is -0.322 e. The van der Waals surface area contributed by atoms with Crippen molar-refractivity contribution in [1.29, 1.82) is 0 Å². The van der Waals surface area contributed by atoms with Crippen molar-refractivity contribution < 1.29 is 13.2 Å². The number of hydrogen-bond acceptors (Lipinski definition) is 3. The molecule has 0 bridgehead atoms. The third kappa shape index (κ3) is 4.33. The number of carbonyl (C=O) groups is 1. The number of fused-ring (bicyclic) bond motifs is 1. The van der Waals surface area contributed by atoms with Gasteiger partial charge < -0.3 is 5.32 Å². The number of anilines is 1. The molecular weight excluding hydrogens is 420 g/mol. The Morgan fingerprint density at radius 2 is 1.50 bits per heavy atom. The molecule has 0 saturated heterocycles. The van der Waals surface area contributed by atoms with Gasteiger partial charge in [0.15, 0.2) is 0 Å². The summed E-state index contributed by atoms with van der Waals surface area (Å²) in [7, 11) is -3.57. The number of nitrogens with one attached hydrogen (secondary N) is 1. The molecule has 1 N–H and O–H groups in total. The molecule has 0 aliphatic carbocycles. The quantitative estimate of drug-likeness (QED) is 0.616. The average Bonchev–Trinajstić information content (AvgIpc) is 2.72. The zero-order chi connectivity index (χ0) is 23.0. The van der Waals surface area contributed by atoms with Crippen LogP contribution in [0.4, 0.5) is 5.69 Å². The molecule has 32 heavy (non-hydrogen) atoms. The normalized spacial score (nSPS) is 14.1. The van der Waals surface area contributed by atoms with Gasteiger partial charge in [0.1, 0.15) is 0 Å². The molecule has 0 unspecified atom stereocenters. The van der Waals surface area contributed by atoms with Crippen LogP contribution < -0.4 is 5.32 Å². The van der Waals surface area contributed by atoms with Crippen molar-refractivity contribution in [2.45, 2.75) is 45.6 Å². The molecule has 0 saturated carbocycles. The van der Waals surface area contributed by atoms with Crippen molar-refractivity contribution in [3.8, 4) is 0 Å². The second-order valence-electron chi connectivity index (χ2n) is 8.61. The van der Waals surface area contributed by atoms with Crippen molar-refractivity contribution in [3.63, 3.8) is 0 Å². The van der Waals surface area contributed by atoms with Crippen LogP contribution in [0.3, 0.4) is 0 Å². The Hall–Kier alpha value is -2.96. The fourth-order valence-electron chi connectivity index (χ4n) is 4.41. The van der Waals surface area contributed by atoms with Crippen LogP contribution in [-0.2, 0) is 23.0 Å². The van der Waals surface area contributed by atoms with E-state index in [1.54, 1.807) is 12.1 Å². The molecule has 1 amide bonds. The largest absolute Gasteiger partial charge is 0.322 e. The van der Waals surface area contributed by atoms with Crippen LogP contribution in [0.15, 0.2) is 59.5 Å². The predicted octanol–water partition coefficient (Wildman–Crippen LogP) is 4.92. The molecule has 166 valence electrons. The predicted molar refractivity (Wildman–Crippen MR) is 128 cm³/mol. The maximum absolute atomic E-state index is 13.1. The third-order valence-corrected chi connectivity index (χ3v) is 7.86. The first-order valence-corrected chi connectivity index (χ1v) is 12.2. The van der Waals surface area contributed by atoms with Gasteiger partial charge in [0.2, 0.25) is 10.0 Å². The van der Waals surface area contributed by atoms with Gasteiger partial charge in [0.05, 0.1) is 4.90 Å². The Balaban J connectivity index is 1.57. The molecule has 4 rings (SSSR count). The number of aryl methyl sites for hydroxylation is 4. The van der Waals surface area contributed by atoms with E-state index in [1.807, 2.05) is 70.2 Å². The molecule has 1 aliphatic rings.